The largest absolute Gasteiger partial charge is 0.409 e. The van der Waals surface area contributed by atoms with Crippen LogP contribution < -0.4 is 11.1 Å². The lowest BCUT2D eigenvalue weighted by Gasteiger charge is -2.17. The molecule has 5 nitrogen and oxygen atoms in total. The van der Waals surface area contributed by atoms with Crippen LogP contribution in [0.15, 0.2) is 5.16 Å². The van der Waals surface area contributed by atoms with Crippen LogP contribution in [0.3, 0.4) is 0 Å². The van der Waals surface area contributed by atoms with Gasteiger partial charge in [0.25, 0.3) is 0 Å². The molecule has 0 aromatic heterocycles. The second kappa shape index (κ2) is 6.27. The third-order valence-corrected chi connectivity index (χ3v) is 2.69. The average molecular weight is 215 g/mol. The van der Waals surface area contributed by atoms with Crippen molar-refractivity contribution >= 4 is 11.7 Å². The van der Waals surface area contributed by atoms with Gasteiger partial charge in [-0.25, -0.2) is 0 Å². The van der Waals surface area contributed by atoms with E-state index in [-0.39, 0.29) is 11.7 Å². The number of hydrogen-bond donors (Lipinski definition) is 3. The highest BCUT2D eigenvalue weighted by atomic mass is 16.4. The molecule has 0 heterocycles. The molecule has 0 fully saturated rings. The smallest absolute Gasteiger partial charge is 0.230 e. The Morgan fingerprint density at radius 2 is 1.93 bits per heavy atom. The summed E-state index contributed by atoms with van der Waals surface area (Å²) in [6.45, 7) is 8.48. The Balaban J connectivity index is 4.05. The normalized spacial score (nSPS) is 16.2. The van der Waals surface area contributed by atoms with E-state index in [1.165, 1.54) is 0 Å². The van der Waals surface area contributed by atoms with E-state index < -0.39 is 5.92 Å². The first kappa shape index (κ1) is 13.7. The van der Waals surface area contributed by atoms with E-state index in [1.54, 1.807) is 6.92 Å². The predicted octanol–water partition coefficient (Wildman–Crippen LogP) is 0.777. The Kier molecular flexibility index (Phi) is 5.74. The Morgan fingerprint density at radius 3 is 2.33 bits per heavy atom. The molecule has 0 radical (unpaired) electrons. The van der Waals surface area contributed by atoms with Gasteiger partial charge in [-0.1, -0.05) is 25.9 Å². The molecular formula is C10H21N3O2. The number of nitrogens with two attached hydrogens (primary N) is 1. The minimum absolute atomic E-state index is 0.0651. The van der Waals surface area contributed by atoms with Gasteiger partial charge in [0.05, 0.1) is 5.92 Å². The van der Waals surface area contributed by atoms with E-state index in [1.807, 2.05) is 0 Å². The number of carbonyl (C=O) groups excluding carboxylic acids is 1. The lowest BCUT2D eigenvalue weighted by molar-refractivity contribution is -0.122. The van der Waals surface area contributed by atoms with Crippen molar-refractivity contribution in [1.82, 2.24) is 5.32 Å². The van der Waals surface area contributed by atoms with Crippen LogP contribution in [0.4, 0.5) is 0 Å². The third-order valence-electron chi connectivity index (χ3n) is 2.69. The number of nitrogens with zero attached hydrogens (tertiary/aromatic N) is 1. The second-order valence-electron chi connectivity index (χ2n) is 4.21. The van der Waals surface area contributed by atoms with Crippen LogP contribution >= 0.6 is 0 Å². The van der Waals surface area contributed by atoms with Crippen LogP contribution in [0.5, 0.6) is 0 Å². The molecule has 2 unspecified atom stereocenters. The number of nitrogens with one attached hydrogen (secondary N) is 1. The van der Waals surface area contributed by atoms with E-state index in [0.29, 0.717) is 18.4 Å². The van der Waals surface area contributed by atoms with Gasteiger partial charge in [0.15, 0.2) is 5.84 Å². The minimum atomic E-state index is -0.589. The fourth-order valence-electron chi connectivity index (χ4n) is 0.871. The summed E-state index contributed by atoms with van der Waals surface area (Å²) in [5.41, 5.74) is 5.32. The van der Waals surface area contributed by atoms with E-state index in [4.69, 9.17) is 10.9 Å². The zero-order valence-electron chi connectivity index (χ0n) is 9.82. The summed E-state index contributed by atoms with van der Waals surface area (Å²) < 4.78 is 0. The number of rotatable bonds is 5. The Hall–Kier alpha value is -1.26. The van der Waals surface area contributed by atoms with Crippen molar-refractivity contribution in [2.75, 3.05) is 6.54 Å². The molecule has 0 aliphatic rings. The summed E-state index contributed by atoms with van der Waals surface area (Å²) in [5.74, 6) is 0.0646. The van der Waals surface area contributed by atoms with E-state index >= 15 is 0 Å². The van der Waals surface area contributed by atoms with Crippen LogP contribution in [-0.2, 0) is 4.79 Å². The molecule has 0 saturated carbocycles. The fraction of sp³-hybridized carbons (Fsp3) is 0.800. The molecule has 0 aliphatic carbocycles. The molecule has 0 rings (SSSR count). The molecule has 88 valence electrons. The van der Waals surface area contributed by atoms with Crippen molar-refractivity contribution in [2.24, 2.45) is 28.6 Å². The number of amidine groups is 1. The van der Waals surface area contributed by atoms with Crippen LogP contribution in [-0.4, -0.2) is 23.5 Å². The number of carbonyl (C=O) groups is 1. The Bertz CT molecular complexity index is 239. The van der Waals surface area contributed by atoms with Gasteiger partial charge in [-0.3, -0.25) is 4.79 Å². The summed E-state index contributed by atoms with van der Waals surface area (Å²) >= 11 is 0. The molecule has 0 aromatic carbocycles. The second-order valence-corrected chi connectivity index (χ2v) is 4.21. The van der Waals surface area contributed by atoms with Gasteiger partial charge in [-0.05, 0) is 18.8 Å². The van der Waals surface area contributed by atoms with Crippen LogP contribution in [0, 0.1) is 17.8 Å². The van der Waals surface area contributed by atoms with Crippen molar-refractivity contribution in [1.29, 1.82) is 0 Å². The van der Waals surface area contributed by atoms with Gasteiger partial charge in [0, 0.05) is 6.54 Å². The first-order valence-corrected chi connectivity index (χ1v) is 5.15. The van der Waals surface area contributed by atoms with Gasteiger partial charge < -0.3 is 16.3 Å². The first-order valence-electron chi connectivity index (χ1n) is 5.15. The Morgan fingerprint density at radius 1 is 1.40 bits per heavy atom. The molecule has 0 spiro atoms. The monoisotopic (exact) mass is 215 g/mol. The first-order chi connectivity index (χ1) is 6.90. The molecule has 0 bridgehead atoms. The van der Waals surface area contributed by atoms with Crippen molar-refractivity contribution in [3.63, 3.8) is 0 Å². The predicted molar refractivity (Wildman–Crippen MR) is 59.6 cm³/mol. The number of hydrogen-bond acceptors (Lipinski definition) is 3. The maximum atomic E-state index is 11.5. The number of oxime groups is 1. The maximum absolute atomic E-state index is 11.5. The van der Waals surface area contributed by atoms with Crippen molar-refractivity contribution in [3.8, 4) is 0 Å². The molecule has 1 amide bonds. The quantitative estimate of drug-likeness (QED) is 0.274. The molecular weight excluding hydrogens is 194 g/mol. The molecule has 2 atom stereocenters. The van der Waals surface area contributed by atoms with Crippen molar-refractivity contribution in [3.05, 3.63) is 0 Å². The Labute approximate surface area is 90.7 Å². The summed E-state index contributed by atoms with van der Waals surface area (Å²) in [6, 6.07) is 0. The number of amides is 1. The van der Waals surface area contributed by atoms with Gasteiger partial charge in [-0.2, -0.15) is 0 Å². The summed E-state index contributed by atoms with van der Waals surface area (Å²) in [4.78, 5) is 11.5. The summed E-state index contributed by atoms with van der Waals surface area (Å²) in [7, 11) is 0. The third kappa shape index (κ3) is 4.67. The summed E-state index contributed by atoms with van der Waals surface area (Å²) in [5, 5.41) is 14.0. The van der Waals surface area contributed by atoms with E-state index in [0.717, 1.165) is 0 Å². The lowest BCUT2D eigenvalue weighted by Crippen LogP contribution is -2.39. The zero-order chi connectivity index (χ0) is 12.0. The van der Waals surface area contributed by atoms with Gasteiger partial charge in [0.2, 0.25) is 5.91 Å². The standard InChI is InChI=1S/C10H21N3O2/c1-6(2)7(3)5-12-10(14)8(4)9(11)13-15/h6-8,15H,5H2,1-4H3,(H2,11,13)(H,12,14). The molecule has 4 N–H and O–H groups in total. The minimum Gasteiger partial charge on any atom is -0.409 e. The van der Waals surface area contributed by atoms with Crippen molar-refractivity contribution in [2.45, 2.75) is 27.7 Å². The average Bonchev–Trinajstić information content (AvgIpc) is 2.22. The highest BCUT2D eigenvalue weighted by molar-refractivity contribution is 6.01. The fourth-order valence-corrected chi connectivity index (χ4v) is 0.871. The highest BCUT2D eigenvalue weighted by Gasteiger charge is 2.18. The van der Waals surface area contributed by atoms with Crippen LogP contribution in [0.2, 0.25) is 0 Å². The van der Waals surface area contributed by atoms with Gasteiger partial charge >= 0.3 is 0 Å². The SMILES string of the molecule is CC(C(=O)NCC(C)C(C)C)C(N)=NO. The summed E-state index contributed by atoms with van der Waals surface area (Å²) in [6.07, 6.45) is 0. The molecule has 0 aliphatic heterocycles. The maximum Gasteiger partial charge on any atom is 0.230 e. The molecule has 15 heavy (non-hydrogen) atoms. The highest BCUT2D eigenvalue weighted by Crippen LogP contribution is 2.07. The molecule has 5 heteroatoms. The van der Waals surface area contributed by atoms with Gasteiger partial charge in [0.1, 0.15) is 0 Å². The van der Waals surface area contributed by atoms with Crippen LogP contribution in [0.25, 0.3) is 0 Å². The van der Waals surface area contributed by atoms with Crippen molar-refractivity contribution < 1.29 is 10.0 Å². The topological polar surface area (TPSA) is 87.7 Å². The van der Waals surface area contributed by atoms with Gasteiger partial charge in [-0.15, -0.1) is 0 Å². The van der Waals surface area contributed by atoms with E-state index in [2.05, 4.69) is 31.2 Å². The van der Waals surface area contributed by atoms with Crippen LogP contribution in [0.1, 0.15) is 27.7 Å². The molecule has 0 saturated heterocycles. The molecule has 0 aromatic rings. The lowest BCUT2D eigenvalue weighted by atomic mass is 9.98. The zero-order valence-corrected chi connectivity index (χ0v) is 9.82. The van der Waals surface area contributed by atoms with E-state index in [9.17, 15) is 4.79 Å².